The summed E-state index contributed by atoms with van der Waals surface area (Å²) >= 11 is 0. The lowest BCUT2D eigenvalue weighted by atomic mass is 9.82. The molecule has 0 aromatic heterocycles. The van der Waals surface area contributed by atoms with Crippen LogP contribution in [0.1, 0.15) is 47.0 Å². The van der Waals surface area contributed by atoms with Crippen LogP contribution in [0.15, 0.2) is 22.8 Å². The molecule has 0 spiro atoms. The molecule has 90 valence electrons. The first kappa shape index (κ1) is 11.9. The molecule has 1 saturated carbocycles. The highest BCUT2D eigenvalue weighted by Gasteiger charge is 2.37. The molecule has 1 N–H and O–H groups in total. The molecule has 4 atom stereocenters. The lowest BCUT2D eigenvalue weighted by Gasteiger charge is -2.23. The predicted molar refractivity (Wildman–Crippen MR) is 68.1 cm³/mol. The Kier molecular flexibility index (Phi) is 3.25. The quantitative estimate of drug-likeness (QED) is 0.617. The summed E-state index contributed by atoms with van der Waals surface area (Å²) in [7, 11) is 0. The molecular formula is C15H24O. The fourth-order valence-electron chi connectivity index (χ4n) is 3.48. The van der Waals surface area contributed by atoms with Crippen LogP contribution in [0.5, 0.6) is 0 Å². The van der Waals surface area contributed by atoms with Crippen LogP contribution in [0.4, 0.5) is 0 Å². The van der Waals surface area contributed by atoms with Gasteiger partial charge in [-0.15, -0.1) is 0 Å². The van der Waals surface area contributed by atoms with Gasteiger partial charge < -0.3 is 5.11 Å². The maximum Gasteiger partial charge on any atom is 0.0726 e. The minimum Gasteiger partial charge on any atom is -0.389 e. The van der Waals surface area contributed by atoms with Crippen molar-refractivity contribution in [2.24, 2.45) is 17.8 Å². The van der Waals surface area contributed by atoms with Crippen molar-refractivity contribution in [3.8, 4) is 0 Å². The zero-order chi connectivity index (χ0) is 11.9. The molecule has 0 saturated heterocycles. The van der Waals surface area contributed by atoms with Gasteiger partial charge in [-0.1, -0.05) is 29.7 Å². The number of fused-ring (bicyclic) bond motifs is 1. The fraction of sp³-hybridized carbons (Fsp3) is 0.733. The lowest BCUT2D eigenvalue weighted by Crippen LogP contribution is -2.17. The zero-order valence-electron chi connectivity index (χ0n) is 11.0. The second-order valence-corrected chi connectivity index (χ2v) is 5.97. The minimum absolute atomic E-state index is 0.212. The van der Waals surface area contributed by atoms with Crippen molar-refractivity contribution < 1.29 is 5.11 Å². The second kappa shape index (κ2) is 4.37. The predicted octanol–water partition coefficient (Wildman–Crippen LogP) is 3.70. The molecule has 2 aliphatic carbocycles. The van der Waals surface area contributed by atoms with Gasteiger partial charge in [-0.2, -0.15) is 0 Å². The SMILES string of the molecule is CC1=C[C@H](O)C[C@H](C)[C@H]2CC(=C(C)C)C[C@H]12. The summed E-state index contributed by atoms with van der Waals surface area (Å²) in [4.78, 5) is 0. The zero-order valence-corrected chi connectivity index (χ0v) is 11.0. The molecule has 1 fully saturated rings. The van der Waals surface area contributed by atoms with Crippen molar-refractivity contribution in [1.29, 1.82) is 0 Å². The second-order valence-electron chi connectivity index (χ2n) is 5.97. The summed E-state index contributed by atoms with van der Waals surface area (Å²) in [6, 6.07) is 0. The Morgan fingerprint density at radius 1 is 1.31 bits per heavy atom. The van der Waals surface area contributed by atoms with Crippen molar-refractivity contribution in [3.63, 3.8) is 0 Å². The first-order valence-corrected chi connectivity index (χ1v) is 6.50. The molecule has 2 rings (SSSR count). The van der Waals surface area contributed by atoms with Gasteiger partial charge in [-0.05, 0) is 57.8 Å². The maximum absolute atomic E-state index is 9.87. The highest BCUT2D eigenvalue weighted by molar-refractivity contribution is 5.24. The van der Waals surface area contributed by atoms with E-state index in [1.54, 1.807) is 5.57 Å². The summed E-state index contributed by atoms with van der Waals surface area (Å²) in [6.07, 6.45) is 5.30. The van der Waals surface area contributed by atoms with Crippen LogP contribution >= 0.6 is 0 Å². The summed E-state index contributed by atoms with van der Waals surface area (Å²) in [5.41, 5.74) is 4.58. The first-order valence-electron chi connectivity index (χ1n) is 6.50. The molecule has 0 unspecified atom stereocenters. The maximum atomic E-state index is 9.87. The third-order valence-corrected chi connectivity index (χ3v) is 4.56. The van der Waals surface area contributed by atoms with Crippen LogP contribution in [-0.2, 0) is 0 Å². The van der Waals surface area contributed by atoms with Crippen LogP contribution < -0.4 is 0 Å². The van der Waals surface area contributed by atoms with E-state index >= 15 is 0 Å². The molecule has 0 aliphatic heterocycles. The van der Waals surface area contributed by atoms with Gasteiger partial charge in [0.05, 0.1) is 6.10 Å². The average Bonchev–Trinajstić information content (AvgIpc) is 2.57. The van der Waals surface area contributed by atoms with Crippen LogP contribution in [-0.4, -0.2) is 11.2 Å². The number of hydrogen-bond donors (Lipinski definition) is 1. The Bertz CT molecular complexity index is 333. The molecule has 16 heavy (non-hydrogen) atoms. The van der Waals surface area contributed by atoms with Gasteiger partial charge in [0.15, 0.2) is 0 Å². The van der Waals surface area contributed by atoms with E-state index in [0.717, 1.165) is 12.3 Å². The molecule has 0 amide bonds. The molecule has 2 aliphatic rings. The van der Waals surface area contributed by atoms with E-state index in [1.807, 2.05) is 0 Å². The molecule has 0 heterocycles. The average molecular weight is 220 g/mol. The van der Waals surface area contributed by atoms with Crippen molar-refractivity contribution in [2.75, 3.05) is 0 Å². The Labute approximate surface area is 99.3 Å². The Hall–Kier alpha value is -0.560. The number of rotatable bonds is 0. The Morgan fingerprint density at radius 2 is 2.00 bits per heavy atom. The van der Waals surface area contributed by atoms with Gasteiger partial charge in [-0.3, -0.25) is 0 Å². The van der Waals surface area contributed by atoms with Crippen LogP contribution in [0.25, 0.3) is 0 Å². The van der Waals surface area contributed by atoms with E-state index < -0.39 is 0 Å². The lowest BCUT2D eigenvalue weighted by molar-refractivity contribution is 0.172. The summed E-state index contributed by atoms with van der Waals surface area (Å²) < 4.78 is 0. The number of hydrogen-bond acceptors (Lipinski definition) is 1. The largest absolute Gasteiger partial charge is 0.389 e. The van der Waals surface area contributed by atoms with Crippen LogP contribution in [0.2, 0.25) is 0 Å². The standard InChI is InChI=1S/C15H24O/c1-9(2)12-7-14-10(3)5-13(16)6-11(4)15(14)8-12/h5,11,13-16H,6-8H2,1-4H3/t11-,13-,14+,15+/m0/s1. The number of aliphatic hydroxyl groups excluding tert-OH is 1. The van der Waals surface area contributed by atoms with Crippen LogP contribution in [0, 0.1) is 17.8 Å². The van der Waals surface area contributed by atoms with E-state index in [2.05, 4.69) is 33.8 Å². The van der Waals surface area contributed by atoms with Gasteiger partial charge in [0, 0.05) is 0 Å². The van der Waals surface area contributed by atoms with Crippen molar-refractivity contribution in [1.82, 2.24) is 0 Å². The third-order valence-electron chi connectivity index (χ3n) is 4.56. The van der Waals surface area contributed by atoms with E-state index in [1.165, 1.54) is 24.0 Å². The van der Waals surface area contributed by atoms with Crippen LogP contribution in [0.3, 0.4) is 0 Å². The number of aliphatic hydroxyl groups is 1. The van der Waals surface area contributed by atoms with Gasteiger partial charge in [0.1, 0.15) is 0 Å². The highest BCUT2D eigenvalue weighted by atomic mass is 16.3. The summed E-state index contributed by atoms with van der Waals surface area (Å²) in [5, 5.41) is 9.87. The van der Waals surface area contributed by atoms with E-state index in [0.29, 0.717) is 11.8 Å². The molecule has 1 heteroatoms. The molecule has 0 bridgehead atoms. The Morgan fingerprint density at radius 3 is 2.62 bits per heavy atom. The molecule has 1 nitrogen and oxygen atoms in total. The van der Waals surface area contributed by atoms with Crippen molar-refractivity contribution in [2.45, 2.75) is 53.1 Å². The van der Waals surface area contributed by atoms with E-state index in [-0.39, 0.29) is 6.10 Å². The monoisotopic (exact) mass is 220 g/mol. The van der Waals surface area contributed by atoms with Gasteiger partial charge in [0.2, 0.25) is 0 Å². The summed E-state index contributed by atoms with van der Waals surface area (Å²) in [5.74, 6) is 2.10. The molecule has 0 aromatic rings. The molecule has 0 radical (unpaired) electrons. The van der Waals surface area contributed by atoms with Crippen molar-refractivity contribution >= 4 is 0 Å². The van der Waals surface area contributed by atoms with E-state index in [4.69, 9.17) is 0 Å². The third kappa shape index (κ3) is 2.10. The topological polar surface area (TPSA) is 20.2 Å². The fourth-order valence-corrected chi connectivity index (χ4v) is 3.48. The van der Waals surface area contributed by atoms with Gasteiger partial charge in [-0.25, -0.2) is 0 Å². The highest BCUT2D eigenvalue weighted by Crippen LogP contribution is 2.47. The summed E-state index contributed by atoms with van der Waals surface area (Å²) in [6.45, 7) is 8.98. The smallest absolute Gasteiger partial charge is 0.0726 e. The first-order chi connectivity index (χ1) is 7.49. The normalized spacial score (nSPS) is 39.1. The minimum atomic E-state index is -0.212. The Balaban J connectivity index is 2.29. The van der Waals surface area contributed by atoms with E-state index in [9.17, 15) is 5.11 Å². The van der Waals surface area contributed by atoms with Gasteiger partial charge in [0.25, 0.3) is 0 Å². The van der Waals surface area contributed by atoms with Crippen molar-refractivity contribution in [3.05, 3.63) is 22.8 Å². The van der Waals surface area contributed by atoms with Gasteiger partial charge >= 0.3 is 0 Å². The molecule has 0 aromatic carbocycles. The number of allylic oxidation sites excluding steroid dienone is 3. The molecular weight excluding hydrogens is 196 g/mol.